The first kappa shape index (κ1) is 15.9. The molecule has 0 aliphatic carbocycles. The molecule has 0 radical (unpaired) electrons. The van der Waals surface area contributed by atoms with Gasteiger partial charge in [0.15, 0.2) is 0 Å². The van der Waals surface area contributed by atoms with Crippen LogP contribution in [0.3, 0.4) is 0 Å². The number of aromatic hydroxyl groups is 1. The van der Waals surface area contributed by atoms with E-state index in [0.717, 1.165) is 0 Å². The maximum absolute atomic E-state index is 9.39. The van der Waals surface area contributed by atoms with Gasteiger partial charge in [0.2, 0.25) is 0 Å². The summed E-state index contributed by atoms with van der Waals surface area (Å²) in [5.74, 6) is 0.322. The zero-order valence-corrected chi connectivity index (χ0v) is 10.8. The Bertz CT molecular complexity index is 229. The van der Waals surface area contributed by atoms with E-state index in [9.17, 15) is 4.79 Å². The van der Waals surface area contributed by atoms with Gasteiger partial charge in [0.25, 0.3) is 6.47 Å². The molecule has 0 saturated carbocycles. The number of carbonyl (C=O) groups is 1. The summed E-state index contributed by atoms with van der Waals surface area (Å²) in [5.41, 5.74) is 0. The molecule has 14 heavy (non-hydrogen) atoms. The quantitative estimate of drug-likeness (QED) is 0.502. The molecule has 0 fully saturated rings. The normalized spacial score (nSPS) is 7.93. The standard InChI is InChI=1S/C6H6O.C4H8O2.Na.H/c7-6-4-2-1-3-5-6;1-4(2)6-3-5;;/h1-5,7H;3-4H,1-2H3;;/q;;+1;-1. The van der Waals surface area contributed by atoms with Crippen LogP contribution in [0, 0.1) is 0 Å². The van der Waals surface area contributed by atoms with Crippen molar-refractivity contribution >= 4 is 6.47 Å². The Labute approximate surface area is 108 Å². The van der Waals surface area contributed by atoms with Crippen LogP contribution in [-0.2, 0) is 9.53 Å². The summed E-state index contributed by atoms with van der Waals surface area (Å²) in [6, 6.07) is 8.71. The van der Waals surface area contributed by atoms with Gasteiger partial charge in [-0.25, -0.2) is 0 Å². The predicted octanol–water partition coefficient (Wildman–Crippen LogP) is -0.923. The maximum Gasteiger partial charge on any atom is 1.00 e. The summed E-state index contributed by atoms with van der Waals surface area (Å²) in [5, 5.41) is 8.63. The Morgan fingerprint density at radius 1 is 1.36 bits per heavy atom. The molecular weight excluding hydrogens is 191 g/mol. The van der Waals surface area contributed by atoms with Gasteiger partial charge in [0.05, 0.1) is 6.10 Å². The second-order valence-electron chi connectivity index (χ2n) is 2.62. The second kappa shape index (κ2) is 10.6. The van der Waals surface area contributed by atoms with E-state index in [1.165, 1.54) is 0 Å². The first-order valence-electron chi connectivity index (χ1n) is 4.00. The fraction of sp³-hybridized carbons (Fsp3) is 0.300. The molecule has 74 valence electrons. The molecule has 0 atom stereocenters. The van der Waals surface area contributed by atoms with Crippen LogP contribution in [-0.4, -0.2) is 17.7 Å². The average molecular weight is 206 g/mol. The van der Waals surface area contributed by atoms with E-state index in [0.29, 0.717) is 12.2 Å². The van der Waals surface area contributed by atoms with E-state index in [-0.39, 0.29) is 37.1 Å². The molecule has 0 bridgehead atoms. The largest absolute Gasteiger partial charge is 1.00 e. The second-order valence-corrected chi connectivity index (χ2v) is 2.62. The van der Waals surface area contributed by atoms with Gasteiger partial charge in [0.1, 0.15) is 5.75 Å². The molecule has 0 unspecified atom stereocenters. The Balaban J connectivity index is -0.000000172. The summed E-state index contributed by atoms with van der Waals surface area (Å²) in [6.45, 7) is 4.05. The molecule has 0 aliphatic heterocycles. The van der Waals surface area contributed by atoms with Crippen molar-refractivity contribution in [2.24, 2.45) is 0 Å². The molecule has 1 aromatic carbocycles. The first-order chi connectivity index (χ1) is 6.16. The average Bonchev–Trinajstić information content (AvgIpc) is 2.06. The molecule has 0 aromatic heterocycles. The number of benzene rings is 1. The van der Waals surface area contributed by atoms with E-state index >= 15 is 0 Å². The van der Waals surface area contributed by atoms with Crippen molar-refractivity contribution in [1.29, 1.82) is 0 Å². The van der Waals surface area contributed by atoms with E-state index in [1.54, 1.807) is 38.1 Å². The molecular formula is C10H15NaO3. The van der Waals surface area contributed by atoms with Gasteiger partial charge < -0.3 is 11.3 Å². The molecule has 1 N–H and O–H groups in total. The smallest absolute Gasteiger partial charge is 1.00 e. The van der Waals surface area contributed by atoms with Gasteiger partial charge in [-0.1, -0.05) is 18.2 Å². The molecule has 0 spiro atoms. The topological polar surface area (TPSA) is 46.5 Å². The minimum Gasteiger partial charge on any atom is -1.00 e. The monoisotopic (exact) mass is 206 g/mol. The summed E-state index contributed by atoms with van der Waals surface area (Å²) < 4.78 is 4.36. The fourth-order valence-electron chi connectivity index (χ4n) is 0.539. The van der Waals surface area contributed by atoms with Crippen LogP contribution in [0.4, 0.5) is 0 Å². The van der Waals surface area contributed by atoms with E-state index in [2.05, 4.69) is 4.74 Å². The molecule has 1 rings (SSSR count). The van der Waals surface area contributed by atoms with Crippen molar-refractivity contribution in [2.45, 2.75) is 20.0 Å². The summed E-state index contributed by atoms with van der Waals surface area (Å²) >= 11 is 0. The minimum atomic E-state index is 0. The predicted molar refractivity (Wildman–Crippen MR) is 51.5 cm³/mol. The molecule has 0 heterocycles. The number of para-hydroxylation sites is 1. The summed E-state index contributed by atoms with van der Waals surface area (Å²) in [6.07, 6.45) is 0.0301. The number of hydrogen-bond donors (Lipinski definition) is 1. The van der Waals surface area contributed by atoms with Crippen LogP contribution in [0.1, 0.15) is 15.3 Å². The molecule has 0 amide bonds. The van der Waals surface area contributed by atoms with E-state index in [4.69, 9.17) is 5.11 Å². The van der Waals surface area contributed by atoms with Gasteiger partial charge in [-0.15, -0.1) is 0 Å². The van der Waals surface area contributed by atoms with Crippen LogP contribution in [0.5, 0.6) is 5.75 Å². The van der Waals surface area contributed by atoms with Crippen LogP contribution >= 0.6 is 0 Å². The van der Waals surface area contributed by atoms with Crippen molar-refractivity contribution in [3.63, 3.8) is 0 Å². The zero-order chi connectivity index (χ0) is 10.1. The third-order valence-corrected chi connectivity index (χ3v) is 1.08. The Morgan fingerprint density at radius 3 is 2.00 bits per heavy atom. The van der Waals surface area contributed by atoms with Crippen molar-refractivity contribution in [1.82, 2.24) is 0 Å². The van der Waals surface area contributed by atoms with E-state index < -0.39 is 0 Å². The third-order valence-electron chi connectivity index (χ3n) is 1.08. The van der Waals surface area contributed by atoms with Crippen molar-refractivity contribution in [3.05, 3.63) is 30.3 Å². The van der Waals surface area contributed by atoms with Crippen LogP contribution in [0.25, 0.3) is 0 Å². The molecule has 1 aromatic rings. The Hall–Kier alpha value is -0.510. The fourth-order valence-corrected chi connectivity index (χ4v) is 0.539. The van der Waals surface area contributed by atoms with Gasteiger partial charge in [-0.05, 0) is 26.0 Å². The number of phenolic OH excluding ortho intramolecular Hbond substituents is 1. The summed E-state index contributed by atoms with van der Waals surface area (Å²) in [4.78, 5) is 9.39. The van der Waals surface area contributed by atoms with Crippen molar-refractivity contribution < 1.29 is 45.6 Å². The first-order valence-corrected chi connectivity index (χ1v) is 4.00. The van der Waals surface area contributed by atoms with Crippen molar-refractivity contribution in [3.8, 4) is 5.75 Å². The number of carbonyl (C=O) groups excluding carboxylic acids is 1. The third kappa shape index (κ3) is 11.5. The van der Waals surface area contributed by atoms with Crippen molar-refractivity contribution in [2.75, 3.05) is 0 Å². The van der Waals surface area contributed by atoms with E-state index in [1.807, 2.05) is 6.07 Å². The maximum atomic E-state index is 9.39. The zero-order valence-electron chi connectivity index (χ0n) is 9.81. The SMILES string of the molecule is CC(C)OC=O.Oc1ccccc1.[H-].[Na+]. The number of rotatable bonds is 2. The molecule has 0 saturated heterocycles. The Kier molecular flexibility index (Phi) is 12.0. The van der Waals surface area contributed by atoms with Gasteiger partial charge in [0, 0.05) is 0 Å². The Morgan fingerprint density at radius 2 is 1.86 bits per heavy atom. The number of ether oxygens (including phenoxy) is 1. The summed E-state index contributed by atoms with van der Waals surface area (Å²) in [7, 11) is 0. The number of phenols is 1. The molecule has 0 aliphatic rings. The van der Waals surface area contributed by atoms with Gasteiger partial charge in [-0.3, -0.25) is 4.79 Å². The minimum absolute atomic E-state index is 0. The van der Waals surface area contributed by atoms with Gasteiger partial charge >= 0.3 is 29.6 Å². The molecule has 3 nitrogen and oxygen atoms in total. The van der Waals surface area contributed by atoms with Crippen LogP contribution in [0.2, 0.25) is 0 Å². The van der Waals surface area contributed by atoms with Crippen LogP contribution < -0.4 is 29.6 Å². The molecule has 4 heteroatoms. The van der Waals surface area contributed by atoms with Crippen LogP contribution in [0.15, 0.2) is 30.3 Å². The van der Waals surface area contributed by atoms with Gasteiger partial charge in [-0.2, -0.15) is 0 Å². The number of hydrogen-bond acceptors (Lipinski definition) is 3.